The van der Waals surface area contributed by atoms with Crippen LogP contribution in [0, 0.1) is 11.3 Å². The summed E-state index contributed by atoms with van der Waals surface area (Å²) in [5, 5.41) is 12.2. The Morgan fingerprint density at radius 1 is 1.24 bits per heavy atom. The lowest BCUT2D eigenvalue weighted by Gasteiger charge is -2.12. The van der Waals surface area contributed by atoms with Gasteiger partial charge in [-0.25, -0.2) is 4.98 Å². The first-order valence-corrected chi connectivity index (χ1v) is 8.32. The number of hydrogen-bond donors (Lipinski definition) is 0. The van der Waals surface area contributed by atoms with Gasteiger partial charge in [-0.3, -0.25) is 4.57 Å². The SMILES string of the molecule is CCSc1ncc(Br)n1-c1ccc(C#N)c2ccccc12. The fourth-order valence-corrected chi connectivity index (χ4v) is 3.63. The average molecular weight is 358 g/mol. The second-order valence-corrected chi connectivity index (χ2v) is 6.47. The molecule has 0 fully saturated rings. The summed E-state index contributed by atoms with van der Waals surface area (Å²) >= 11 is 5.26. The lowest BCUT2D eigenvalue weighted by molar-refractivity contribution is 0.888. The quantitative estimate of drug-likeness (QED) is 0.633. The van der Waals surface area contributed by atoms with E-state index in [9.17, 15) is 5.26 Å². The summed E-state index contributed by atoms with van der Waals surface area (Å²) in [6.07, 6.45) is 1.81. The molecule has 104 valence electrons. The first-order chi connectivity index (χ1) is 10.3. The minimum Gasteiger partial charge on any atom is -0.281 e. The average Bonchev–Trinajstić information content (AvgIpc) is 2.87. The first kappa shape index (κ1) is 14.2. The van der Waals surface area contributed by atoms with E-state index in [0.717, 1.165) is 32.0 Å². The molecular formula is C16H12BrN3S. The number of fused-ring (bicyclic) bond motifs is 1. The second kappa shape index (κ2) is 5.92. The van der Waals surface area contributed by atoms with Gasteiger partial charge in [-0.2, -0.15) is 5.26 Å². The van der Waals surface area contributed by atoms with Gasteiger partial charge in [-0.1, -0.05) is 43.0 Å². The summed E-state index contributed by atoms with van der Waals surface area (Å²) in [4.78, 5) is 4.45. The molecule has 0 radical (unpaired) electrons. The summed E-state index contributed by atoms with van der Waals surface area (Å²) in [6.45, 7) is 2.11. The predicted molar refractivity (Wildman–Crippen MR) is 89.9 cm³/mol. The smallest absolute Gasteiger partial charge is 0.173 e. The number of thioether (sulfide) groups is 1. The van der Waals surface area contributed by atoms with Crippen LogP contribution >= 0.6 is 27.7 Å². The number of hydrogen-bond acceptors (Lipinski definition) is 3. The van der Waals surface area contributed by atoms with Gasteiger partial charge in [-0.05, 0) is 33.8 Å². The lowest BCUT2D eigenvalue weighted by atomic mass is 10.0. The third-order valence-corrected chi connectivity index (χ3v) is 4.62. The van der Waals surface area contributed by atoms with Crippen LogP contribution in [0.5, 0.6) is 0 Å². The van der Waals surface area contributed by atoms with Gasteiger partial charge in [0.05, 0.1) is 23.5 Å². The van der Waals surface area contributed by atoms with E-state index in [4.69, 9.17) is 0 Å². The third-order valence-electron chi connectivity index (χ3n) is 3.22. The molecule has 0 bridgehead atoms. The molecule has 2 aromatic carbocycles. The van der Waals surface area contributed by atoms with E-state index in [0.29, 0.717) is 5.56 Å². The Kier molecular flexibility index (Phi) is 4.00. The fourth-order valence-electron chi connectivity index (χ4n) is 2.34. The van der Waals surface area contributed by atoms with E-state index < -0.39 is 0 Å². The van der Waals surface area contributed by atoms with Crippen molar-refractivity contribution in [3.63, 3.8) is 0 Å². The summed E-state index contributed by atoms with van der Waals surface area (Å²) in [5.74, 6) is 0.956. The molecule has 0 aliphatic carbocycles. The highest BCUT2D eigenvalue weighted by Crippen LogP contribution is 2.32. The van der Waals surface area contributed by atoms with Crippen molar-refractivity contribution in [2.45, 2.75) is 12.1 Å². The lowest BCUT2D eigenvalue weighted by Crippen LogP contribution is -1.99. The Balaban J connectivity index is 2.32. The van der Waals surface area contributed by atoms with Crippen molar-refractivity contribution in [3.8, 4) is 11.8 Å². The van der Waals surface area contributed by atoms with Gasteiger partial charge in [0.2, 0.25) is 0 Å². The maximum absolute atomic E-state index is 9.27. The third kappa shape index (κ3) is 2.45. The Morgan fingerprint density at radius 2 is 2.00 bits per heavy atom. The van der Waals surface area contributed by atoms with Crippen molar-refractivity contribution in [2.75, 3.05) is 5.75 Å². The number of nitrogens with zero attached hydrogens (tertiary/aromatic N) is 3. The van der Waals surface area contributed by atoms with Crippen LogP contribution in [0.15, 0.2) is 52.4 Å². The van der Waals surface area contributed by atoms with E-state index in [1.807, 2.05) is 42.6 Å². The summed E-state index contributed by atoms with van der Waals surface area (Å²) in [7, 11) is 0. The minimum absolute atomic E-state index is 0.690. The molecule has 5 heteroatoms. The monoisotopic (exact) mass is 357 g/mol. The molecular weight excluding hydrogens is 346 g/mol. The molecule has 0 unspecified atom stereocenters. The van der Waals surface area contributed by atoms with Gasteiger partial charge in [0.1, 0.15) is 4.60 Å². The standard InChI is InChI=1S/C16H12BrN3S/c1-2-21-16-19-10-15(17)20(16)14-8-7-11(9-18)12-5-3-4-6-13(12)14/h3-8,10H,2H2,1H3. The first-order valence-electron chi connectivity index (χ1n) is 6.54. The Morgan fingerprint density at radius 3 is 2.71 bits per heavy atom. The van der Waals surface area contributed by atoms with Crippen LogP contribution in [0.2, 0.25) is 0 Å². The van der Waals surface area contributed by atoms with E-state index >= 15 is 0 Å². The highest BCUT2D eigenvalue weighted by molar-refractivity contribution is 9.10. The minimum atomic E-state index is 0.690. The van der Waals surface area contributed by atoms with Gasteiger partial charge in [0.25, 0.3) is 0 Å². The van der Waals surface area contributed by atoms with Crippen LogP contribution in [-0.2, 0) is 0 Å². The van der Waals surface area contributed by atoms with Gasteiger partial charge in [0.15, 0.2) is 5.16 Å². The van der Waals surface area contributed by atoms with Crippen LogP contribution in [0.1, 0.15) is 12.5 Å². The molecule has 3 nitrogen and oxygen atoms in total. The maximum atomic E-state index is 9.27. The molecule has 3 aromatic rings. The Labute approximate surface area is 135 Å². The summed E-state index contributed by atoms with van der Waals surface area (Å²) in [5.41, 5.74) is 1.72. The van der Waals surface area contributed by atoms with Gasteiger partial charge < -0.3 is 0 Å². The molecule has 0 aliphatic heterocycles. The molecule has 0 atom stereocenters. The zero-order chi connectivity index (χ0) is 14.8. The molecule has 0 N–H and O–H groups in total. The Bertz CT molecular complexity index is 848. The van der Waals surface area contributed by atoms with Gasteiger partial charge in [-0.15, -0.1) is 0 Å². The van der Waals surface area contributed by atoms with Gasteiger partial charge in [0, 0.05) is 10.8 Å². The van der Waals surface area contributed by atoms with Crippen LogP contribution in [0.3, 0.4) is 0 Å². The molecule has 0 saturated carbocycles. The number of benzene rings is 2. The van der Waals surface area contributed by atoms with Crippen molar-refractivity contribution in [2.24, 2.45) is 0 Å². The number of nitriles is 1. The molecule has 3 rings (SSSR count). The van der Waals surface area contributed by atoms with E-state index in [1.165, 1.54) is 0 Å². The van der Waals surface area contributed by atoms with E-state index in [-0.39, 0.29) is 0 Å². The zero-order valence-electron chi connectivity index (χ0n) is 11.4. The number of imidazole rings is 1. The van der Waals surface area contributed by atoms with Crippen molar-refractivity contribution in [3.05, 3.63) is 52.8 Å². The summed E-state index contributed by atoms with van der Waals surface area (Å²) in [6, 6.07) is 14.1. The molecule has 1 heterocycles. The van der Waals surface area contributed by atoms with Crippen LogP contribution in [0.4, 0.5) is 0 Å². The highest BCUT2D eigenvalue weighted by Gasteiger charge is 2.14. The fraction of sp³-hybridized carbons (Fsp3) is 0.125. The number of rotatable bonds is 3. The second-order valence-electron chi connectivity index (χ2n) is 4.42. The molecule has 0 saturated heterocycles. The number of halogens is 1. The van der Waals surface area contributed by atoms with Crippen molar-refractivity contribution >= 4 is 38.5 Å². The largest absolute Gasteiger partial charge is 0.281 e. The molecule has 0 aliphatic rings. The molecule has 1 aromatic heterocycles. The highest BCUT2D eigenvalue weighted by atomic mass is 79.9. The van der Waals surface area contributed by atoms with Crippen molar-refractivity contribution in [1.29, 1.82) is 5.26 Å². The van der Waals surface area contributed by atoms with Crippen molar-refractivity contribution < 1.29 is 0 Å². The van der Waals surface area contributed by atoms with Crippen LogP contribution < -0.4 is 0 Å². The van der Waals surface area contributed by atoms with Crippen LogP contribution in [0.25, 0.3) is 16.5 Å². The van der Waals surface area contributed by atoms with E-state index in [1.54, 1.807) is 11.8 Å². The molecule has 21 heavy (non-hydrogen) atoms. The number of aromatic nitrogens is 2. The Hall–Kier alpha value is -1.77. The van der Waals surface area contributed by atoms with Gasteiger partial charge >= 0.3 is 0 Å². The molecule has 0 spiro atoms. The maximum Gasteiger partial charge on any atom is 0.173 e. The van der Waals surface area contributed by atoms with Crippen LogP contribution in [-0.4, -0.2) is 15.3 Å². The normalized spacial score (nSPS) is 10.7. The zero-order valence-corrected chi connectivity index (χ0v) is 13.8. The van der Waals surface area contributed by atoms with E-state index in [2.05, 4.69) is 38.5 Å². The summed E-state index contributed by atoms with van der Waals surface area (Å²) < 4.78 is 2.99. The predicted octanol–water partition coefficient (Wildman–Crippen LogP) is 4.77. The van der Waals surface area contributed by atoms with Crippen molar-refractivity contribution in [1.82, 2.24) is 9.55 Å². The molecule has 0 amide bonds. The topological polar surface area (TPSA) is 41.6 Å².